The Bertz CT molecular complexity index is 1420. The van der Waals surface area contributed by atoms with Crippen molar-refractivity contribution in [2.45, 2.75) is 39.7 Å². The van der Waals surface area contributed by atoms with E-state index in [1.807, 2.05) is 49.7 Å². The van der Waals surface area contributed by atoms with Crippen LogP contribution >= 0.6 is 11.8 Å². The molecule has 3 aromatic rings. The summed E-state index contributed by atoms with van der Waals surface area (Å²) in [6.07, 6.45) is 6.73. The predicted octanol–water partition coefficient (Wildman–Crippen LogP) is 6.40. The number of rotatable bonds is 7. The third kappa shape index (κ3) is 4.44. The van der Waals surface area contributed by atoms with Gasteiger partial charge in [-0.25, -0.2) is 0 Å². The molecule has 1 atom stereocenters. The zero-order valence-corrected chi connectivity index (χ0v) is 20.9. The fourth-order valence-corrected chi connectivity index (χ4v) is 5.24. The largest absolute Gasteiger partial charge is 0.491 e. The maximum Gasteiger partial charge on any atom is 0.283 e. The topological polar surface area (TPSA) is 70.7 Å². The summed E-state index contributed by atoms with van der Waals surface area (Å²) in [6, 6.07) is 16.3. The number of thioether (sulfide) groups is 1. The van der Waals surface area contributed by atoms with Crippen LogP contribution in [0.15, 0.2) is 76.4 Å². The van der Waals surface area contributed by atoms with Crippen LogP contribution in [0.4, 0.5) is 0 Å². The summed E-state index contributed by atoms with van der Waals surface area (Å²) in [5, 5.41) is 10.2. The summed E-state index contributed by atoms with van der Waals surface area (Å²) in [5.74, 6) is 1.16. The van der Waals surface area contributed by atoms with Crippen LogP contribution in [0.3, 0.4) is 0 Å². The third-order valence-electron chi connectivity index (χ3n) is 6.46. The Balaban J connectivity index is 1.41. The number of nitrogens with zero attached hydrogens (tertiary/aromatic N) is 3. The van der Waals surface area contributed by atoms with E-state index in [-0.39, 0.29) is 11.7 Å². The maximum absolute atomic E-state index is 12.8. The Morgan fingerprint density at radius 2 is 1.94 bits per heavy atom. The van der Waals surface area contributed by atoms with Gasteiger partial charge in [-0.15, -0.1) is 0 Å². The van der Waals surface area contributed by atoms with Crippen molar-refractivity contribution in [3.63, 3.8) is 0 Å². The van der Waals surface area contributed by atoms with E-state index < -0.39 is 0 Å². The van der Waals surface area contributed by atoms with E-state index in [4.69, 9.17) is 10.1 Å². The van der Waals surface area contributed by atoms with Crippen molar-refractivity contribution >= 4 is 45.7 Å². The second-order valence-corrected chi connectivity index (χ2v) is 10.0. The van der Waals surface area contributed by atoms with Gasteiger partial charge < -0.3 is 9.30 Å². The summed E-state index contributed by atoms with van der Waals surface area (Å²) in [6.45, 7) is 7.54. The number of fused-ring (bicyclic) bond motifs is 2. The molecule has 0 saturated carbocycles. The first kappa shape index (κ1) is 23.2. The third-order valence-corrected chi connectivity index (χ3v) is 7.36. The van der Waals surface area contributed by atoms with Crippen molar-refractivity contribution in [1.82, 2.24) is 9.47 Å². The normalized spacial score (nSPS) is 17.6. The number of carbonyl (C=O) groups is 1. The van der Waals surface area contributed by atoms with Crippen LogP contribution in [0.2, 0.25) is 0 Å². The first-order valence-electron chi connectivity index (χ1n) is 11.8. The van der Waals surface area contributed by atoms with E-state index in [0.717, 1.165) is 33.5 Å². The maximum atomic E-state index is 12.8. The van der Waals surface area contributed by atoms with Crippen LogP contribution < -0.4 is 4.74 Å². The van der Waals surface area contributed by atoms with Crippen LogP contribution in [0.25, 0.3) is 17.0 Å². The number of aromatic nitrogens is 1. The highest BCUT2D eigenvalue weighted by Crippen LogP contribution is 2.33. The minimum Gasteiger partial charge on any atom is -0.491 e. The van der Waals surface area contributed by atoms with E-state index in [9.17, 15) is 4.79 Å². The van der Waals surface area contributed by atoms with Crippen LogP contribution in [0.1, 0.15) is 44.2 Å². The van der Waals surface area contributed by atoms with E-state index in [1.165, 1.54) is 17.3 Å². The Labute approximate surface area is 209 Å². The molecule has 1 amide bonds. The monoisotopic (exact) mass is 484 g/mol. The average Bonchev–Trinajstić information content (AvgIpc) is 3.41. The molecule has 1 N–H and O–H groups in total. The van der Waals surface area contributed by atoms with Gasteiger partial charge in [-0.1, -0.05) is 62.0 Å². The lowest BCUT2D eigenvalue weighted by atomic mass is 9.98. The van der Waals surface area contributed by atoms with Crippen LogP contribution in [0.5, 0.6) is 5.75 Å². The highest BCUT2D eigenvalue weighted by molar-refractivity contribution is 8.17. The van der Waals surface area contributed by atoms with Crippen molar-refractivity contribution in [3.05, 3.63) is 82.5 Å². The highest BCUT2D eigenvalue weighted by Gasteiger charge is 2.33. The number of amidine groups is 2. The van der Waals surface area contributed by atoms with E-state index in [0.29, 0.717) is 29.8 Å². The molecule has 0 radical (unpaired) electrons. The van der Waals surface area contributed by atoms with E-state index in [2.05, 4.69) is 41.6 Å². The molecule has 2 aliphatic heterocycles. The molecule has 0 spiro atoms. The molecular weight excluding hydrogens is 456 g/mol. The van der Waals surface area contributed by atoms with Gasteiger partial charge in [0.05, 0.1) is 12.1 Å². The van der Waals surface area contributed by atoms with Gasteiger partial charge in [-0.3, -0.25) is 15.1 Å². The molecule has 0 bridgehead atoms. The number of aliphatic imine (C=N–C) groups is 1. The molecule has 2 aromatic carbocycles. The van der Waals surface area contributed by atoms with Crippen molar-refractivity contribution in [2.24, 2.45) is 4.99 Å². The summed E-state index contributed by atoms with van der Waals surface area (Å²) in [4.78, 5) is 19.6. The number of amides is 1. The van der Waals surface area contributed by atoms with Crippen LogP contribution in [0, 0.1) is 5.41 Å². The van der Waals surface area contributed by atoms with E-state index >= 15 is 0 Å². The first-order chi connectivity index (χ1) is 17.0. The van der Waals surface area contributed by atoms with Gasteiger partial charge >= 0.3 is 0 Å². The second kappa shape index (κ2) is 9.58. The summed E-state index contributed by atoms with van der Waals surface area (Å²) in [7, 11) is 0. The molecule has 0 aliphatic carbocycles. The van der Waals surface area contributed by atoms with Gasteiger partial charge in [-0.05, 0) is 43.0 Å². The Morgan fingerprint density at radius 3 is 2.77 bits per heavy atom. The zero-order chi connectivity index (χ0) is 24.5. The molecule has 6 nitrogen and oxygen atoms in total. The van der Waals surface area contributed by atoms with Crippen molar-refractivity contribution in [1.29, 1.82) is 5.41 Å². The number of allylic oxidation sites excluding steroid dienone is 1. The zero-order valence-electron chi connectivity index (χ0n) is 20.1. The molecule has 7 heteroatoms. The van der Waals surface area contributed by atoms with Gasteiger partial charge in [0.25, 0.3) is 5.91 Å². The average molecular weight is 485 g/mol. The standard InChI is InChI=1S/C28H28N4O2S/c1-4-18(2)21-9-6-8-12-25(21)34-14-13-31-17-20(22-10-5-7-11-24(22)31)15-23-26(29)32-16-19(3)35-28(32)30-27(23)33/h5-12,15-18,29H,4,13-14H2,1-3H3/b23-15-,29-26?/t18-/m0/s1. The number of carbonyl (C=O) groups excluding carboxylic acids is 1. The fourth-order valence-electron chi connectivity index (χ4n) is 4.43. The molecular formula is C28H28N4O2S. The molecule has 1 aromatic heterocycles. The summed E-state index contributed by atoms with van der Waals surface area (Å²) >= 11 is 1.41. The number of para-hydroxylation sites is 2. The SMILES string of the molecule is CC[C@H](C)c1ccccc1OCCn1cc(/C=C2/C(=N)N3C=C(C)SC3=NC2=O)c2ccccc21. The Hall–Kier alpha value is -3.58. The molecule has 0 unspecified atom stereocenters. The van der Waals surface area contributed by atoms with Gasteiger partial charge in [-0.2, -0.15) is 4.99 Å². The number of ether oxygens (including phenoxy) is 1. The molecule has 5 rings (SSSR count). The summed E-state index contributed by atoms with van der Waals surface area (Å²) < 4.78 is 8.35. The Kier molecular flexibility index (Phi) is 6.34. The number of hydrogen-bond acceptors (Lipinski definition) is 4. The van der Waals surface area contributed by atoms with Gasteiger partial charge in [0.2, 0.25) is 0 Å². The Morgan fingerprint density at radius 1 is 1.17 bits per heavy atom. The molecule has 178 valence electrons. The molecule has 0 fully saturated rings. The molecule has 35 heavy (non-hydrogen) atoms. The fraction of sp³-hybridized carbons (Fsp3) is 0.250. The predicted molar refractivity (Wildman–Crippen MR) is 144 cm³/mol. The lowest BCUT2D eigenvalue weighted by Gasteiger charge is -2.22. The van der Waals surface area contributed by atoms with Crippen LogP contribution in [-0.4, -0.2) is 33.0 Å². The lowest BCUT2D eigenvalue weighted by molar-refractivity contribution is -0.114. The quantitative estimate of drug-likeness (QED) is 0.394. The van der Waals surface area contributed by atoms with Gasteiger partial charge in [0.1, 0.15) is 18.2 Å². The van der Waals surface area contributed by atoms with Gasteiger partial charge in [0, 0.05) is 33.8 Å². The molecule has 3 heterocycles. The van der Waals surface area contributed by atoms with Gasteiger partial charge in [0.15, 0.2) is 5.17 Å². The lowest BCUT2D eigenvalue weighted by Crippen LogP contribution is -2.35. The van der Waals surface area contributed by atoms with Crippen molar-refractivity contribution in [3.8, 4) is 5.75 Å². The van der Waals surface area contributed by atoms with Crippen molar-refractivity contribution < 1.29 is 9.53 Å². The highest BCUT2D eigenvalue weighted by atomic mass is 32.2. The van der Waals surface area contributed by atoms with Crippen molar-refractivity contribution in [2.75, 3.05) is 6.61 Å². The minimum absolute atomic E-state index is 0.158. The van der Waals surface area contributed by atoms with E-state index in [1.54, 1.807) is 11.0 Å². The second-order valence-electron chi connectivity index (χ2n) is 8.81. The number of hydrogen-bond donors (Lipinski definition) is 1. The first-order valence-corrected chi connectivity index (χ1v) is 12.7. The summed E-state index contributed by atoms with van der Waals surface area (Å²) in [5.41, 5.74) is 3.47. The van der Waals surface area contributed by atoms with Crippen LogP contribution in [-0.2, 0) is 11.3 Å². The minimum atomic E-state index is -0.376. The number of nitrogens with one attached hydrogen (secondary N) is 1. The smallest absolute Gasteiger partial charge is 0.283 e. The number of benzene rings is 2. The molecule has 0 saturated heterocycles. The molecule has 2 aliphatic rings.